The molecule has 0 aromatic carbocycles. The maximum atomic E-state index is 11.6. The molecule has 1 saturated heterocycles. The number of hydrogen-bond acceptors (Lipinski definition) is 3. The fourth-order valence-corrected chi connectivity index (χ4v) is 3.33. The van der Waals surface area contributed by atoms with Crippen molar-refractivity contribution in [3.63, 3.8) is 0 Å². The summed E-state index contributed by atoms with van der Waals surface area (Å²) in [7, 11) is 0. The Hall–Kier alpha value is -0.900. The van der Waals surface area contributed by atoms with E-state index in [4.69, 9.17) is 0 Å². The van der Waals surface area contributed by atoms with Crippen molar-refractivity contribution in [2.75, 3.05) is 11.1 Å². The van der Waals surface area contributed by atoms with E-state index in [0.29, 0.717) is 6.04 Å². The number of pyridine rings is 1. The highest BCUT2D eigenvalue weighted by Crippen LogP contribution is 2.27. The van der Waals surface area contributed by atoms with Crippen LogP contribution in [0.3, 0.4) is 0 Å². The standard InChI is InChI=1S/C13H20N2OS/c1-3-6-15-8-11(4-5-13(15)16)14-12-7-10(2)17-9-12/h4-5,8,10,12,14H,3,6-7,9H2,1-2H3. The number of thioether (sulfide) groups is 1. The van der Waals surface area contributed by atoms with E-state index in [9.17, 15) is 4.79 Å². The third-order valence-electron chi connectivity index (χ3n) is 3.02. The lowest BCUT2D eigenvalue weighted by atomic mass is 10.2. The Labute approximate surface area is 107 Å². The number of hydrogen-bond donors (Lipinski definition) is 1. The number of nitrogens with one attached hydrogen (secondary N) is 1. The van der Waals surface area contributed by atoms with Gasteiger partial charge in [-0.25, -0.2) is 0 Å². The Bertz CT molecular complexity index is 430. The summed E-state index contributed by atoms with van der Waals surface area (Å²) >= 11 is 2.01. The zero-order valence-corrected chi connectivity index (χ0v) is 11.3. The molecule has 4 heteroatoms. The fourth-order valence-electron chi connectivity index (χ4n) is 2.19. The Morgan fingerprint density at radius 2 is 2.35 bits per heavy atom. The molecule has 3 nitrogen and oxygen atoms in total. The fraction of sp³-hybridized carbons (Fsp3) is 0.615. The van der Waals surface area contributed by atoms with Crippen molar-refractivity contribution in [3.05, 3.63) is 28.7 Å². The van der Waals surface area contributed by atoms with Gasteiger partial charge in [-0.05, 0) is 18.9 Å². The second kappa shape index (κ2) is 5.63. The molecular formula is C13H20N2OS. The Balaban J connectivity index is 2.06. The molecule has 1 aromatic rings. The maximum Gasteiger partial charge on any atom is 0.250 e. The molecule has 0 bridgehead atoms. The van der Waals surface area contributed by atoms with Crippen molar-refractivity contribution in [1.82, 2.24) is 4.57 Å². The summed E-state index contributed by atoms with van der Waals surface area (Å²) in [5, 5.41) is 4.26. The quantitative estimate of drug-likeness (QED) is 0.894. The smallest absolute Gasteiger partial charge is 0.250 e. The molecule has 0 amide bonds. The van der Waals surface area contributed by atoms with Crippen molar-refractivity contribution in [3.8, 4) is 0 Å². The highest BCUT2D eigenvalue weighted by atomic mass is 32.2. The number of anilines is 1. The van der Waals surface area contributed by atoms with Crippen molar-refractivity contribution in [1.29, 1.82) is 0 Å². The lowest BCUT2D eigenvalue weighted by Gasteiger charge is -2.14. The second-order valence-corrected chi connectivity index (χ2v) is 6.14. The van der Waals surface area contributed by atoms with Crippen LogP contribution in [-0.2, 0) is 6.54 Å². The summed E-state index contributed by atoms with van der Waals surface area (Å²) in [6.45, 7) is 5.15. The van der Waals surface area contributed by atoms with Crippen LogP contribution in [0.2, 0.25) is 0 Å². The van der Waals surface area contributed by atoms with E-state index in [-0.39, 0.29) is 5.56 Å². The van der Waals surface area contributed by atoms with Gasteiger partial charge >= 0.3 is 0 Å². The molecule has 0 aliphatic carbocycles. The monoisotopic (exact) mass is 252 g/mol. The van der Waals surface area contributed by atoms with Gasteiger partial charge in [0.05, 0.1) is 5.69 Å². The first-order chi connectivity index (χ1) is 8.19. The van der Waals surface area contributed by atoms with Crippen molar-refractivity contribution in [2.24, 2.45) is 0 Å². The highest BCUT2D eigenvalue weighted by molar-refractivity contribution is 8.00. The molecule has 1 fully saturated rings. The molecule has 2 heterocycles. The van der Waals surface area contributed by atoms with Crippen molar-refractivity contribution >= 4 is 17.4 Å². The van der Waals surface area contributed by atoms with Gasteiger partial charge in [-0.15, -0.1) is 0 Å². The topological polar surface area (TPSA) is 34.0 Å². The SMILES string of the molecule is CCCn1cc(NC2CSC(C)C2)ccc1=O. The molecule has 0 radical (unpaired) electrons. The van der Waals surface area contributed by atoms with E-state index in [1.165, 1.54) is 6.42 Å². The molecule has 17 heavy (non-hydrogen) atoms. The molecule has 1 N–H and O–H groups in total. The normalized spacial score (nSPS) is 23.9. The van der Waals surface area contributed by atoms with E-state index in [2.05, 4.69) is 19.2 Å². The molecule has 1 aromatic heterocycles. The van der Waals surface area contributed by atoms with E-state index in [0.717, 1.165) is 29.7 Å². The van der Waals surface area contributed by atoms with E-state index < -0.39 is 0 Å². The van der Waals surface area contributed by atoms with Crippen LogP contribution >= 0.6 is 11.8 Å². The summed E-state index contributed by atoms with van der Waals surface area (Å²) in [5.41, 5.74) is 1.16. The van der Waals surface area contributed by atoms with Crippen LogP contribution in [0.5, 0.6) is 0 Å². The zero-order chi connectivity index (χ0) is 12.3. The first kappa shape index (κ1) is 12.6. The predicted octanol–water partition coefficient (Wildman–Crippen LogP) is 2.56. The van der Waals surface area contributed by atoms with Crippen LogP contribution in [0, 0.1) is 0 Å². The molecule has 1 aliphatic heterocycles. The minimum absolute atomic E-state index is 0.0894. The molecule has 0 spiro atoms. The summed E-state index contributed by atoms with van der Waals surface area (Å²) in [5.74, 6) is 1.16. The van der Waals surface area contributed by atoms with E-state index in [1.54, 1.807) is 10.6 Å². The largest absolute Gasteiger partial charge is 0.380 e. The first-order valence-corrected chi connectivity index (χ1v) is 7.32. The number of aryl methyl sites for hydroxylation is 1. The molecule has 94 valence electrons. The number of aromatic nitrogens is 1. The van der Waals surface area contributed by atoms with Gasteiger partial charge in [-0.2, -0.15) is 11.8 Å². The van der Waals surface area contributed by atoms with Gasteiger partial charge in [0.15, 0.2) is 0 Å². The van der Waals surface area contributed by atoms with Crippen LogP contribution < -0.4 is 10.9 Å². The van der Waals surface area contributed by atoms with Gasteiger partial charge in [0.25, 0.3) is 5.56 Å². The van der Waals surface area contributed by atoms with Gasteiger partial charge in [0, 0.05) is 35.9 Å². The Kier molecular flexibility index (Phi) is 4.15. The molecule has 2 unspecified atom stereocenters. The van der Waals surface area contributed by atoms with Crippen molar-refractivity contribution < 1.29 is 0 Å². The molecular weight excluding hydrogens is 232 g/mol. The van der Waals surface area contributed by atoms with Gasteiger partial charge in [0.2, 0.25) is 0 Å². The summed E-state index contributed by atoms with van der Waals surface area (Å²) in [6, 6.07) is 4.09. The lowest BCUT2D eigenvalue weighted by molar-refractivity contribution is 0.653. The van der Waals surface area contributed by atoms with E-state index >= 15 is 0 Å². The average molecular weight is 252 g/mol. The molecule has 2 atom stereocenters. The molecule has 0 saturated carbocycles. The van der Waals surface area contributed by atoms with Crippen LogP contribution in [0.15, 0.2) is 23.1 Å². The third kappa shape index (κ3) is 3.28. The first-order valence-electron chi connectivity index (χ1n) is 6.27. The summed E-state index contributed by atoms with van der Waals surface area (Å²) < 4.78 is 1.79. The third-order valence-corrected chi connectivity index (χ3v) is 4.37. The van der Waals surface area contributed by atoms with Crippen LogP contribution in [0.25, 0.3) is 0 Å². The Morgan fingerprint density at radius 3 is 3.00 bits per heavy atom. The molecule has 1 aliphatic rings. The second-order valence-electron chi connectivity index (χ2n) is 4.67. The van der Waals surface area contributed by atoms with Gasteiger partial charge in [-0.3, -0.25) is 4.79 Å². The average Bonchev–Trinajstić information content (AvgIpc) is 2.69. The van der Waals surface area contributed by atoms with Crippen molar-refractivity contribution in [2.45, 2.75) is 44.5 Å². The molecule has 2 rings (SSSR count). The van der Waals surface area contributed by atoms with E-state index in [1.807, 2.05) is 24.0 Å². The van der Waals surface area contributed by atoms with Gasteiger partial charge in [-0.1, -0.05) is 13.8 Å². The lowest BCUT2D eigenvalue weighted by Crippen LogP contribution is -2.23. The minimum atomic E-state index is 0.0894. The zero-order valence-electron chi connectivity index (χ0n) is 10.5. The van der Waals surface area contributed by atoms with Gasteiger partial charge in [0.1, 0.15) is 0 Å². The highest BCUT2D eigenvalue weighted by Gasteiger charge is 2.21. The van der Waals surface area contributed by atoms with Crippen LogP contribution in [0.1, 0.15) is 26.7 Å². The predicted molar refractivity (Wildman–Crippen MR) is 74.9 cm³/mol. The Morgan fingerprint density at radius 1 is 1.53 bits per heavy atom. The van der Waals surface area contributed by atoms with Crippen LogP contribution in [0.4, 0.5) is 5.69 Å². The summed E-state index contributed by atoms with van der Waals surface area (Å²) in [6.07, 6.45) is 4.14. The number of nitrogens with zero attached hydrogens (tertiary/aromatic N) is 1. The maximum absolute atomic E-state index is 11.6. The van der Waals surface area contributed by atoms with Gasteiger partial charge < -0.3 is 9.88 Å². The minimum Gasteiger partial charge on any atom is -0.380 e. The van der Waals surface area contributed by atoms with Crippen LogP contribution in [-0.4, -0.2) is 21.6 Å². The number of rotatable bonds is 4. The summed E-state index contributed by atoms with van der Waals surface area (Å²) in [4.78, 5) is 11.6.